The Hall–Kier alpha value is -2.49. The molecule has 176 valence electrons. The highest BCUT2D eigenvalue weighted by Crippen LogP contribution is 2.35. The van der Waals surface area contributed by atoms with Gasteiger partial charge in [0.25, 0.3) is 0 Å². The van der Waals surface area contributed by atoms with Crippen LogP contribution in [-0.4, -0.2) is 51.4 Å². The molecule has 0 aliphatic carbocycles. The van der Waals surface area contributed by atoms with Crippen molar-refractivity contribution in [2.75, 3.05) is 30.9 Å². The van der Waals surface area contributed by atoms with Crippen molar-refractivity contribution in [3.8, 4) is 5.75 Å². The van der Waals surface area contributed by atoms with Gasteiger partial charge in [-0.1, -0.05) is 35.1 Å². The lowest BCUT2D eigenvalue weighted by molar-refractivity contribution is -0.119. The van der Waals surface area contributed by atoms with Gasteiger partial charge in [-0.3, -0.25) is 9.69 Å². The molecule has 1 amide bonds. The normalized spacial score (nSPS) is 16.2. The molecule has 1 aliphatic rings. The maximum absolute atomic E-state index is 13.2. The maximum Gasteiger partial charge on any atom is 0.228 e. The van der Waals surface area contributed by atoms with Gasteiger partial charge < -0.3 is 9.47 Å². The number of fused-ring (bicyclic) bond motifs is 1. The lowest BCUT2D eigenvalue weighted by Crippen LogP contribution is -2.37. The van der Waals surface area contributed by atoms with E-state index in [1.807, 2.05) is 25.1 Å². The first-order chi connectivity index (χ1) is 15.9. The van der Waals surface area contributed by atoms with E-state index in [1.54, 1.807) is 36.3 Å². The smallest absolute Gasteiger partial charge is 0.228 e. The molecule has 1 saturated heterocycles. The van der Waals surface area contributed by atoms with Crippen molar-refractivity contribution in [2.24, 2.45) is 0 Å². The van der Waals surface area contributed by atoms with Crippen LogP contribution in [0.5, 0.6) is 5.75 Å². The highest BCUT2D eigenvalue weighted by molar-refractivity contribution is 7.91. The number of anilines is 1. The van der Waals surface area contributed by atoms with Gasteiger partial charge in [0, 0.05) is 13.0 Å². The largest absolute Gasteiger partial charge is 0.494 e. The predicted octanol–water partition coefficient (Wildman–Crippen LogP) is 4.38. The molecule has 0 N–H and O–H groups in total. The van der Waals surface area contributed by atoms with Crippen LogP contribution in [0.1, 0.15) is 31.2 Å². The second-order valence-corrected chi connectivity index (χ2v) is 11.3. The molecule has 2 aromatic carbocycles. The zero-order valence-electron chi connectivity index (χ0n) is 18.8. The molecule has 1 fully saturated rings. The topological polar surface area (TPSA) is 85.8 Å². The number of hydrogen-bond acceptors (Lipinski definition) is 7. The van der Waals surface area contributed by atoms with Crippen LogP contribution in [0.4, 0.5) is 5.13 Å². The Balaban J connectivity index is 1.50. The molecule has 2 heterocycles. The van der Waals surface area contributed by atoms with Crippen molar-refractivity contribution in [2.45, 2.75) is 43.6 Å². The van der Waals surface area contributed by atoms with Crippen molar-refractivity contribution in [1.82, 2.24) is 4.98 Å². The number of nitrogens with zero attached hydrogens (tertiary/aromatic N) is 2. The van der Waals surface area contributed by atoms with E-state index < -0.39 is 9.84 Å². The number of carbonyl (C=O) groups excluding carboxylic acids is 1. The first-order valence-electron chi connectivity index (χ1n) is 11.0. The van der Waals surface area contributed by atoms with Gasteiger partial charge in [0.1, 0.15) is 11.3 Å². The monoisotopic (exact) mass is 488 g/mol. The summed E-state index contributed by atoms with van der Waals surface area (Å²) in [6, 6.07) is 12.5. The number of aryl methyl sites for hydroxylation is 1. The number of carbonyl (C=O) groups is 1. The Labute approximate surface area is 198 Å². The van der Waals surface area contributed by atoms with E-state index >= 15 is 0 Å². The number of ether oxygens (including phenoxy) is 2. The fourth-order valence-corrected chi connectivity index (χ4v) is 6.20. The van der Waals surface area contributed by atoms with Crippen molar-refractivity contribution in [1.29, 1.82) is 0 Å². The van der Waals surface area contributed by atoms with Crippen LogP contribution in [0.2, 0.25) is 0 Å². The third-order valence-corrected chi connectivity index (χ3v) is 8.58. The number of benzene rings is 2. The van der Waals surface area contributed by atoms with Gasteiger partial charge in [-0.25, -0.2) is 13.4 Å². The summed E-state index contributed by atoms with van der Waals surface area (Å²) in [6.07, 6.45) is 2.17. The van der Waals surface area contributed by atoms with Crippen molar-refractivity contribution < 1.29 is 22.7 Å². The molecular weight excluding hydrogens is 460 g/mol. The summed E-state index contributed by atoms with van der Waals surface area (Å²) in [6.45, 7) is 3.01. The zero-order valence-corrected chi connectivity index (χ0v) is 20.5. The molecule has 0 bridgehead atoms. The van der Waals surface area contributed by atoms with Gasteiger partial charge in [0.05, 0.1) is 35.1 Å². The molecule has 7 nitrogen and oxygen atoms in total. The Morgan fingerprint density at radius 3 is 2.73 bits per heavy atom. The molecule has 0 spiro atoms. The van der Waals surface area contributed by atoms with E-state index in [9.17, 15) is 13.2 Å². The molecule has 1 aliphatic heterocycles. The summed E-state index contributed by atoms with van der Waals surface area (Å²) in [4.78, 5) is 19.9. The Bertz CT molecular complexity index is 1220. The van der Waals surface area contributed by atoms with Crippen LogP contribution in [0.25, 0.3) is 10.2 Å². The summed E-state index contributed by atoms with van der Waals surface area (Å²) in [5.41, 5.74) is 1.72. The van der Waals surface area contributed by atoms with E-state index in [0.717, 1.165) is 23.1 Å². The molecule has 0 radical (unpaired) electrons. The van der Waals surface area contributed by atoms with Crippen LogP contribution >= 0.6 is 11.3 Å². The van der Waals surface area contributed by atoms with Gasteiger partial charge in [-0.05, 0) is 50.5 Å². The lowest BCUT2D eigenvalue weighted by atomic mass is 10.2. The van der Waals surface area contributed by atoms with Gasteiger partial charge in [0.15, 0.2) is 15.0 Å². The van der Waals surface area contributed by atoms with Crippen LogP contribution in [0, 0.1) is 6.92 Å². The number of hydrogen-bond donors (Lipinski definition) is 0. The number of aromatic nitrogens is 1. The number of thiazole rings is 1. The molecule has 1 unspecified atom stereocenters. The third kappa shape index (κ3) is 5.54. The van der Waals surface area contributed by atoms with E-state index in [-0.39, 0.29) is 35.5 Å². The summed E-state index contributed by atoms with van der Waals surface area (Å²) in [5.74, 6) is 0.426. The SMILES string of the molecule is COc1cccc2sc(N(CC3CCCO3)C(=O)CCCS(=O)(=O)c3ccc(C)cc3)nc12. The molecule has 0 saturated carbocycles. The number of para-hydroxylation sites is 1. The standard InChI is InChI=1S/C24H28N2O5S2/c1-17-10-12-19(13-11-17)33(28,29)15-5-9-22(27)26(16-18-6-4-14-31-18)24-25-23-20(30-2)7-3-8-21(23)32-24/h3,7-8,10-13,18H,4-6,9,14-16H2,1-2H3. The van der Waals surface area contributed by atoms with E-state index in [2.05, 4.69) is 4.98 Å². The van der Waals surface area contributed by atoms with Gasteiger partial charge >= 0.3 is 0 Å². The number of methoxy groups -OCH3 is 1. The minimum atomic E-state index is -3.44. The fourth-order valence-electron chi connectivity index (χ4n) is 3.88. The zero-order chi connectivity index (χ0) is 23.4. The summed E-state index contributed by atoms with van der Waals surface area (Å²) in [7, 11) is -1.85. The summed E-state index contributed by atoms with van der Waals surface area (Å²) >= 11 is 1.42. The van der Waals surface area contributed by atoms with E-state index in [4.69, 9.17) is 9.47 Å². The summed E-state index contributed by atoms with van der Waals surface area (Å²) in [5, 5.41) is 0.580. The van der Waals surface area contributed by atoms with Crippen LogP contribution in [0.15, 0.2) is 47.4 Å². The fraction of sp³-hybridized carbons (Fsp3) is 0.417. The second-order valence-electron chi connectivity index (χ2n) is 8.18. The first kappa shape index (κ1) is 23.7. The van der Waals surface area contributed by atoms with Gasteiger partial charge in [-0.15, -0.1) is 0 Å². The minimum Gasteiger partial charge on any atom is -0.494 e. The molecule has 4 rings (SSSR count). The average molecular weight is 489 g/mol. The molecule has 1 aromatic heterocycles. The van der Waals surface area contributed by atoms with Crippen LogP contribution in [0.3, 0.4) is 0 Å². The average Bonchev–Trinajstić information content (AvgIpc) is 3.47. The Kier molecular flexibility index (Phi) is 7.31. The number of sulfone groups is 1. The predicted molar refractivity (Wildman–Crippen MR) is 130 cm³/mol. The quantitative estimate of drug-likeness (QED) is 0.444. The Morgan fingerprint density at radius 2 is 2.03 bits per heavy atom. The molecule has 3 aromatic rings. The Morgan fingerprint density at radius 1 is 1.24 bits per heavy atom. The maximum atomic E-state index is 13.2. The van der Waals surface area contributed by atoms with Crippen molar-refractivity contribution in [3.05, 3.63) is 48.0 Å². The highest BCUT2D eigenvalue weighted by Gasteiger charge is 2.27. The molecule has 33 heavy (non-hydrogen) atoms. The van der Waals surface area contributed by atoms with E-state index in [1.165, 1.54) is 11.3 Å². The van der Waals surface area contributed by atoms with Gasteiger partial charge in [-0.2, -0.15) is 0 Å². The van der Waals surface area contributed by atoms with Crippen molar-refractivity contribution >= 4 is 42.4 Å². The minimum absolute atomic E-state index is 0.0425. The molecule has 9 heteroatoms. The van der Waals surface area contributed by atoms with Gasteiger partial charge in [0.2, 0.25) is 5.91 Å². The highest BCUT2D eigenvalue weighted by atomic mass is 32.2. The number of amides is 1. The van der Waals surface area contributed by atoms with Crippen molar-refractivity contribution in [3.63, 3.8) is 0 Å². The third-order valence-electron chi connectivity index (χ3n) is 5.72. The lowest BCUT2D eigenvalue weighted by Gasteiger charge is -2.23. The second kappa shape index (κ2) is 10.2. The van der Waals surface area contributed by atoms with E-state index in [0.29, 0.717) is 29.5 Å². The van der Waals surface area contributed by atoms with Crippen LogP contribution in [-0.2, 0) is 19.4 Å². The molecular formula is C24H28N2O5S2. The number of rotatable bonds is 9. The molecule has 1 atom stereocenters. The summed E-state index contributed by atoms with van der Waals surface area (Å²) < 4.78 is 37.4. The van der Waals surface area contributed by atoms with Crippen LogP contribution < -0.4 is 9.64 Å². The first-order valence-corrected chi connectivity index (χ1v) is 13.5.